The molecule has 1 aliphatic heterocycles. The van der Waals surface area contributed by atoms with Gasteiger partial charge in [0, 0.05) is 26.4 Å². The molecule has 3 rings (SSSR count). The monoisotopic (exact) mass is 289 g/mol. The summed E-state index contributed by atoms with van der Waals surface area (Å²) in [6.07, 6.45) is 3.81. The van der Waals surface area contributed by atoms with E-state index in [-0.39, 0.29) is 11.7 Å². The average Bonchev–Trinajstić information content (AvgIpc) is 3.16. The van der Waals surface area contributed by atoms with Crippen LogP contribution in [0.3, 0.4) is 0 Å². The molecule has 1 amide bonds. The molecule has 0 saturated carbocycles. The molecule has 0 unspecified atom stereocenters. The zero-order chi connectivity index (χ0) is 14.8. The first-order chi connectivity index (χ1) is 10.2. The number of aromatic amines is 1. The third-order valence-electron chi connectivity index (χ3n) is 3.62. The molecule has 8 nitrogen and oxygen atoms in total. The molecule has 1 N–H and O–H groups in total. The molecule has 2 aromatic rings. The van der Waals surface area contributed by atoms with Crippen LogP contribution in [0.25, 0.3) is 0 Å². The van der Waals surface area contributed by atoms with Gasteiger partial charge < -0.3 is 9.47 Å². The molecule has 0 bridgehead atoms. The lowest BCUT2D eigenvalue weighted by Crippen LogP contribution is -2.28. The number of carbonyl (C=O) groups excluding carboxylic acids is 1. The molecule has 3 heterocycles. The van der Waals surface area contributed by atoms with Crippen LogP contribution in [0.4, 0.5) is 0 Å². The number of H-pyrrole nitrogens is 1. The van der Waals surface area contributed by atoms with Gasteiger partial charge in [-0.1, -0.05) is 6.92 Å². The lowest BCUT2D eigenvalue weighted by Gasteiger charge is -2.14. The Bertz CT molecular complexity index is 645. The van der Waals surface area contributed by atoms with E-state index in [0.717, 1.165) is 49.7 Å². The number of amides is 1. The fraction of sp³-hybridized carbons (Fsp3) is 0.615. The summed E-state index contributed by atoms with van der Waals surface area (Å²) in [6, 6.07) is 0. The van der Waals surface area contributed by atoms with Crippen LogP contribution in [0.1, 0.15) is 47.9 Å². The van der Waals surface area contributed by atoms with Gasteiger partial charge in [0.15, 0.2) is 5.82 Å². The third-order valence-corrected chi connectivity index (χ3v) is 3.62. The summed E-state index contributed by atoms with van der Waals surface area (Å²) in [5, 5.41) is 15.1. The minimum Gasteiger partial charge on any atom is -0.331 e. The number of fused-ring (bicyclic) bond motifs is 1. The van der Waals surface area contributed by atoms with E-state index in [1.165, 1.54) is 0 Å². The number of aryl methyl sites for hydroxylation is 2. The molecule has 0 saturated heterocycles. The second-order valence-electron chi connectivity index (χ2n) is 5.30. The third kappa shape index (κ3) is 2.65. The Morgan fingerprint density at radius 2 is 2.29 bits per heavy atom. The van der Waals surface area contributed by atoms with Crippen molar-refractivity contribution in [1.82, 2.24) is 34.8 Å². The normalized spacial score (nSPS) is 13.4. The maximum atomic E-state index is 12.3. The van der Waals surface area contributed by atoms with Gasteiger partial charge in [-0.15, -0.1) is 15.3 Å². The minimum absolute atomic E-state index is 0.205. The van der Waals surface area contributed by atoms with Gasteiger partial charge in [0.1, 0.15) is 11.6 Å². The van der Waals surface area contributed by atoms with Gasteiger partial charge in [0.05, 0.1) is 6.54 Å². The standard InChI is InChI=1S/C13H19N7O/c1-3-5-9-14-12(18-15-9)13(21)19(2)8-11-17-16-10-6-4-7-20(10)11/h3-8H2,1-2H3,(H,14,15,18). The molecular weight excluding hydrogens is 270 g/mol. The topological polar surface area (TPSA) is 92.6 Å². The van der Waals surface area contributed by atoms with E-state index in [2.05, 4.69) is 36.9 Å². The maximum Gasteiger partial charge on any atom is 0.293 e. The van der Waals surface area contributed by atoms with E-state index < -0.39 is 0 Å². The molecule has 2 aromatic heterocycles. The molecule has 0 spiro atoms. The van der Waals surface area contributed by atoms with Crippen LogP contribution < -0.4 is 0 Å². The predicted molar refractivity (Wildman–Crippen MR) is 74.5 cm³/mol. The summed E-state index contributed by atoms with van der Waals surface area (Å²) in [4.78, 5) is 18.1. The van der Waals surface area contributed by atoms with E-state index in [1.54, 1.807) is 11.9 Å². The largest absolute Gasteiger partial charge is 0.331 e. The molecule has 21 heavy (non-hydrogen) atoms. The molecule has 0 radical (unpaired) electrons. The Kier molecular flexibility index (Phi) is 3.68. The Morgan fingerprint density at radius 3 is 3.10 bits per heavy atom. The van der Waals surface area contributed by atoms with Gasteiger partial charge in [-0.3, -0.25) is 9.89 Å². The van der Waals surface area contributed by atoms with Crippen LogP contribution in [-0.4, -0.2) is 47.8 Å². The van der Waals surface area contributed by atoms with E-state index >= 15 is 0 Å². The number of hydrogen-bond donors (Lipinski definition) is 1. The number of aromatic nitrogens is 6. The number of nitrogens with zero attached hydrogens (tertiary/aromatic N) is 6. The summed E-state index contributed by atoms with van der Waals surface area (Å²) in [6.45, 7) is 3.41. The van der Waals surface area contributed by atoms with Crippen LogP contribution >= 0.6 is 0 Å². The molecule has 0 atom stereocenters. The van der Waals surface area contributed by atoms with Crippen LogP contribution in [0, 0.1) is 0 Å². The minimum atomic E-state index is -0.205. The quantitative estimate of drug-likeness (QED) is 0.868. The Morgan fingerprint density at radius 1 is 1.43 bits per heavy atom. The lowest BCUT2D eigenvalue weighted by atomic mass is 10.3. The summed E-state index contributed by atoms with van der Waals surface area (Å²) in [5.41, 5.74) is 0. The highest BCUT2D eigenvalue weighted by atomic mass is 16.2. The van der Waals surface area contributed by atoms with Crippen molar-refractivity contribution in [3.05, 3.63) is 23.3 Å². The zero-order valence-electron chi connectivity index (χ0n) is 12.3. The van der Waals surface area contributed by atoms with Crippen LogP contribution in [0.5, 0.6) is 0 Å². The van der Waals surface area contributed by atoms with E-state index in [4.69, 9.17) is 0 Å². The van der Waals surface area contributed by atoms with Gasteiger partial charge in [-0.2, -0.15) is 0 Å². The molecule has 0 aromatic carbocycles. The van der Waals surface area contributed by atoms with Gasteiger partial charge in [-0.05, 0) is 12.8 Å². The average molecular weight is 289 g/mol. The predicted octanol–water partition coefficient (Wildman–Crippen LogP) is 0.567. The van der Waals surface area contributed by atoms with E-state index in [9.17, 15) is 4.79 Å². The van der Waals surface area contributed by atoms with E-state index in [0.29, 0.717) is 6.54 Å². The van der Waals surface area contributed by atoms with Crippen molar-refractivity contribution >= 4 is 5.91 Å². The molecule has 8 heteroatoms. The molecule has 112 valence electrons. The van der Waals surface area contributed by atoms with Crippen molar-refractivity contribution < 1.29 is 4.79 Å². The number of nitrogens with one attached hydrogen (secondary N) is 1. The lowest BCUT2D eigenvalue weighted by molar-refractivity contribution is 0.0768. The zero-order valence-corrected chi connectivity index (χ0v) is 12.3. The van der Waals surface area contributed by atoms with Crippen molar-refractivity contribution in [3.63, 3.8) is 0 Å². The number of carbonyl (C=O) groups is 1. The highest BCUT2D eigenvalue weighted by Crippen LogP contribution is 2.15. The van der Waals surface area contributed by atoms with Gasteiger partial charge >= 0.3 is 0 Å². The van der Waals surface area contributed by atoms with Gasteiger partial charge in [-0.25, -0.2) is 4.98 Å². The smallest absolute Gasteiger partial charge is 0.293 e. The van der Waals surface area contributed by atoms with Crippen LogP contribution in [0.2, 0.25) is 0 Å². The molecule has 0 fully saturated rings. The summed E-state index contributed by atoms with van der Waals surface area (Å²) < 4.78 is 2.09. The highest BCUT2D eigenvalue weighted by Gasteiger charge is 2.22. The summed E-state index contributed by atoms with van der Waals surface area (Å²) in [7, 11) is 1.73. The molecule has 0 aliphatic carbocycles. The number of rotatable bonds is 5. The fourth-order valence-corrected chi connectivity index (χ4v) is 2.52. The van der Waals surface area contributed by atoms with E-state index in [1.807, 2.05) is 0 Å². The van der Waals surface area contributed by atoms with Crippen molar-refractivity contribution in [2.24, 2.45) is 0 Å². The summed E-state index contributed by atoms with van der Waals surface area (Å²) >= 11 is 0. The second-order valence-corrected chi connectivity index (χ2v) is 5.30. The molecule has 1 aliphatic rings. The van der Waals surface area contributed by atoms with Crippen molar-refractivity contribution in [2.45, 2.75) is 45.7 Å². The van der Waals surface area contributed by atoms with Crippen molar-refractivity contribution in [3.8, 4) is 0 Å². The Labute approximate surface area is 122 Å². The van der Waals surface area contributed by atoms with Gasteiger partial charge in [0.2, 0.25) is 5.82 Å². The Balaban J connectivity index is 1.69. The fourth-order valence-electron chi connectivity index (χ4n) is 2.52. The SMILES string of the molecule is CCCc1nc(C(=O)N(C)Cc2nnc3n2CCC3)n[nH]1. The first kappa shape index (κ1) is 13.7. The second kappa shape index (κ2) is 5.63. The van der Waals surface area contributed by atoms with Crippen LogP contribution in [-0.2, 0) is 25.9 Å². The first-order valence-corrected chi connectivity index (χ1v) is 7.26. The highest BCUT2D eigenvalue weighted by molar-refractivity contribution is 5.90. The summed E-state index contributed by atoms with van der Waals surface area (Å²) in [5.74, 6) is 2.58. The Hall–Kier alpha value is -2.25. The maximum absolute atomic E-state index is 12.3. The molecular formula is C13H19N7O. The number of hydrogen-bond acceptors (Lipinski definition) is 5. The van der Waals surface area contributed by atoms with Gasteiger partial charge in [0.25, 0.3) is 5.91 Å². The van der Waals surface area contributed by atoms with Crippen LogP contribution in [0.15, 0.2) is 0 Å². The first-order valence-electron chi connectivity index (χ1n) is 7.26. The van der Waals surface area contributed by atoms with Crippen molar-refractivity contribution in [2.75, 3.05) is 7.05 Å². The van der Waals surface area contributed by atoms with Crippen molar-refractivity contribution in [1.29, 1.82) is 0 Å².